The molecule has 0 radical (unpaired) electrons. The fourth-order valence-corrected chi connectivity index (χ4v) is 3.13. The van der Waals surface area contributed by atoms with Gasteiger partial charge in [0.05, 0.1) is 11.9 Å². The van der Waals surface area contributed by atoms with Crippen LogP contribution in [0.2, 0.25) is 0 Å². The number of carbonyl (C=O) groups is 1. The summed E-state index contributed by atoms with van der Waals surface area (Å²) in [7, 11) is 0.0288. The highest BCUT2D eigenvalue weighted by Gasteiger charge is 2.18. The molecular formula is C15H24N2O3S. The molecule has 0 aliphatic rings. The Bertz CT molecular complexity index is 589. The fraction of sp³-hybridized carbons (Fsp3) is 0.533. The minimum absolute atomic E-state index is 0.00359. The zero-order chi connectivity index (χ0) is 16.2. The molecule has 0 bridgehead atoms. The van der Waals surface area contributed by atoms with Crippen molar-refractivity contribution in [3.63, 3.8) is 0 Å². The molecule has 1 rings (SSSR count). The summed E-state index contributed by atoms with van der Waals surface area (Å²) in [6, 6.07) is 5.70. The van der Waals surface area contributed by atoms with Crippen molar-refractivity contribution in [2.24, 2.45) is 0 Å². The predicted octanol–water partition coefficient (Wildman–Crippen LogP) is 1.94. The number of carbonyl (C=O) groups excluding carboxylic acids is 1. The molecule has 5 nitrogen and oxygen atoms in total. The van der Waals surface area contributed by atoms with Gasteiger partial charge in [0.25, 0.3) is 0 Å². The second-order valence-electron chi connectivity index (χ2n) is 5.57. The van der Waals surface area contributed by atoms with E-state index in [1.807, 2.05) is 32.0 Å². The van der Waals surface area contributed by atoms with Gasteiger partial charge >= 0.3 is 0 Å². The van der Waals surface area contributed by atoms with Gasteiger partial charge in [-0.2, -0.15) is 0 Å². The van der Waals surface area contributed by atoms with E-state index >= 15 is 0 Å². The van der Waals surface area contributed by atoms with E-state index in [0.717, 1.165) is 11.1 Å². The molecule has 6 heteroatoms. The Morgan fingerprint density at radius 2 is 1.62 bits per heavy atom. The smallest absolute Gasteiger partial charge is 0.232 e. The summed E-state index contributed by atoms with van der Waals surface area (Å²) >= 11 is 0. The minimum atomic E-state index is -3.36. The third kappa shape index (κ3) is 5.38. The summed E-state index contributed by atoms with van der Waals surface area (Å²) in [6.45, 7) is 4.18. The van der Waals surface area contributed by atoms with Crippen LogP contribution >= 0.6 is 0 Å². The lowest BCUT2D eigenvalue weighted by atomic mass is 10.1. The highest BCUT2D eigenvalue weighted by atomic mass is 32.2. The van der Waals surface area contributed by atoms with Gasteiger partial charge in [0.15, 0.2) is 0 Å². The normalized spacial score (nSPS) is 11.3. The Morgan fingerprint density at radius 3 is 2.05 bits per heavy atom. The standard InChI is InChI=1S/C15H24N2O3S/c1-12-9-13(2)11-14(10-12)17(21(5,19)20)8-6-7-15(18)16(3)4/h9-11H,6-8H2,1-5H3. The number of aryl methyl sites for hydroxylation is 2. The summed E-state index contributed by atoms with van der Waals surface area (Å²) in [6.07, 6.45) is 2.03. The summed E-state index contributed by atoms with van der Waals surface area (Å²) in [5, 5.41) is 0. The SMILES string of the molecule is Cc1cc(C)cc(N(CCCC(=O)N(C)C)S(C)(=O)=O)c1. The monoisotopic (exact) mass is 312 g/mol. The number of hydrogen-bond acceptors (Lipinski definition) is 3. The largest absolute Gasteiger partial charge is 0.349 e. The third-order valence-electron chi connectivity index (χ3n) is 3.15. The van der Waals surface area contributed by atoms with E-state index in [2.05, 4.69) is 0 Å². The van der Waals surface area contributed by atoms with Crippen LogP contribution in [-0.4, -0.2) is 46.1 Å². The van der Waals surface area contributed by atoms with E-state index < -0.39 is 10.0 Å². The van der Waals surface area contributed by atoms with Gasteiger partial charge in [-0.05, 0) is 43.5 Å². The number of sulfonamides is 1. The van der Waals surface area contributed by atoms with Gasteiger partial charge in [-0.1, -0.05) is 6.07 Å². The molecule has 0 aliphatic heterocycles. The molecule has 0 fully saturated rings. The first-order chi connectivity index (χ1) is 9.61. The number of rotatable bonds is 6. The minimum Gasteiger partial charge on any atom is -0.349 e. The van der Waals surface area contributed by atoms with Crippen molar-refractivity contribution in [2.45, 2.75) is 26.7 Å². The Balaban J connectivity index is 2.90. The van der Waals surface area contributed by atoms with E-state index in [1.165, 1.54) is 15.5 Å². The van der Waals surface area contributed by atoms with Gasteiger partial charge in [0.2, 0.25) is 15.9 Å². The van der Waals surface area contributed by atoms with Gasteiger partial charge in [0.1, 0.15) is 0 Å². The van der Waals surface area contributed by atoms with Crippen LogP contribution < -0.4 is 4.31 Å². The number of nitrogens with zero attached hydrogens (tertiary/aromatic N) is 2. The zero-order valence-corrected chi connectivity index (χ0v) is 14.2. The Hall–Kier alpha value is -1.56. The predicted molar refractivity (Wildman–Crippen MR) is 86.0 cm³/mol. The molecule has 118 valence electrons. The van der Waals surface area contributed by atoms with Crippen molar-refractivity contribution >= 4 is 21.6 Å². The van der Waals surface area contributed by atoms with Crippen LogP contribution in [0.25, 0.3) is 0 Å². The first-order valence-electron chi connectivity index (χ1n) is 6.87. The van der Waals surface area contributed by atoms with E-state index in [0.29, 0.717) is 25.1 Å². The second kappa shape index (κ2) is 6.93. The van der Waals surface area contributed by atoms with E-state index in [-0.39, 0.29) is 5.91 Å². The van der Waals surface area contributed by atoms with Gasteiger partial charge in [0, 0.05) is 27.1 Å². The van der Waals surface area contributed by atoms with Crippen LogP contribution in [0.5, 0.6) is 0 Å². The third-order valence-corrected chi connectivity index (χ3v) is 4.34. The molecule has 0 spiro atoms. The summed E-state index contributed by atoms with van der Waals surface area (Å²) < 4.78 is 25.4. The molecule has 1 amide bonds. The average molecular weight is 312 g/mol. The van der Waals surface area contributed by atoms with Crippen molar-refractivity contribution in [3.05, 3.63) is 29.3 Å². The molecule has 0 atom stereocenters. The van der Waals surface area contributed by atoms with Crippen molar-refractivity contribution < 1.29 is 13.2 Å². The van der Waals surface area contributed by atoms with E-state index in [4.69, 9.17) is 0 Å². The number of anilines is 1. The van der Waals surface area contributed by atoms with Crippen LogP contribution in [0.4, 0.5) is 5.69 Å². The van der Waals surface area contributed by atoms with Crippen molar-refractivity contribution in [3.8, 4) is 0 Å². The van der Waals surface area contributed by atoms with E-state index in [1.54, 1.807) is 14.1 Å². The summed E-state index contributed by atoms with van der Waals surface area (Å²) in [5.74, 6) is 0.00359. The lowest BCUT2D eigenvalue weighted by Crippen LogP contribution is -2.32. The van der Waals surface area contributed by atoms with Crippen molar-refractivity contribution in [1.82, 2.24) is 4.90 Å². The lowest BCUT2D eigenvalue weighted by Gasteiger charge is -2.23. The van der Waals surface area contributed by atoms with Crippen LogP contribution in [0.15, 0.2) is 18.2 Å². The molecule has 0 saturated heterocycles. The molecule has 0 saturated carbocycles. The molecule has 1 aromatic carbocycles. The maximum absolute atomic E-state index is 12.0. The van der Waals surface area contributed by atoms with Crippen LogP contribution in [-0.2, 0) is 14.8 Å². The maximum Gasteiger partial charge on any atom is 0.232 e. The van der Waals surface area contributed by atoms with Gasteiger partial charge in [-0.25, -0.2) is 8.42 Å². The molecular weight excluding hydrogens is 288 g/mol. The Kier molecular flexibility index (Phi) is 5.78. The molecule has 0 unspecified atom stereocenters. The van der Waals surface area contributed by atoms with Crippen molar-refractivity contribution in [1.29, 1.82) is 0 Å². The maximum atomic E-state index is 12.0. The first-order valence-corrected chi connectivity index (χ1v) is 8.72. The van der Waals surface area contributed by atoms with Gasteiger partial charge in [-0.3, -0.25) is 9.10 Å². The molecule has 1 aromatic rings. The zero-order valence-electron chi connectivity index (χ0n) is 13.4. The highest BCUT2D eigenvalue weighted by molar-refractivity contribution is 7.92. The quantitative estimate of drug-likeness (QED) is 0.806. The Morgan fingerprint density at radius 1 is 1.10 bits per heavy atom. The lowest BCUT2D eigenvalue weighted by molar-refractivity contribution is -0.128. The Labute approximate surface area is 127 Å². The van der Waals surface area contributed by atoms with Crippen LogP contribution in [0, 0.1) is 13.8 Å². The molecule has 0 N–H and O–H groups in total. The van der Waals surface area contributed by atoms with Crippen LogP contribution in [0.1, 0.15) is 24.0 Å². The number of amides is 1. The summed E-state index contributed by atoms with van der Waals surface area (Å²) in [4.78, 5) is 13.1. The van der Waals surface area contributed by atoms with Gasteiger partial charge < -0.3 is 4.90 Å². The van der Waals surface area contributed by atoms with E-state index in [9.17, 15) is 13.2 Å². The fourth-order valence-electron chi connectivity index (χ4n) is 2.18. The highest BCUT2D eigenvalue weighted by Crippen LogP contribution is 2.21. The van der Waals surface area contributed by atoms with Crippen LogP contribution in [0.3, 0.4) is 0 Å². The average Bonchev–Trinajstić information content (AvgIpc) is 2.31. The summed E-state index contributed by atoms with van der Waals surface area (Å²) in [5.41, 5.74) is 2.69. The molecule has 0 aromatic heterocycles. The molecule has 21 heavy (non-hydrogen) atoms. The second-order valence-corrected chi connectivity index (χ2v) is 7.48. The van der Waals surface area contributed by atoms with Crippen molar-refractivity contribution in [2.75, 3.05) is 31.2 Å². The van der Waals surface area contributed by atoms with Gasteiger partial charge in [-0.15, -0.1) is 0 Å². The molecule has 0 heterocycles. The number of benzene rings is 1. The topological polar surface area (TPSA) is 57.7 Å². The first kappa shape index (κ1) is 17.5. The number of hydrogen-bond donors (Lipinski definition) is 0. The molecule has 0 aliphatic carbocycles.